The van der Waals surface area contributed by atoms with Crippen molar-refractivity contribution in [2.75, 3.05) is 5.32 Å². The van der Waals surface area contributed by atoms with E-state index in [1.807, 2.05) is 35.0 Å². The molecule has 0 unspecified atom stereocenters. The van der Waals surface area contributed by atoms with Crippen molar-refractivity contribution in [1.82, 2.24) is 5.01 Å². The van der Waals surface area contributed by atoms with Crippen LogP contribution in [0.3, 0.4) is 0 Å². The highest BCUT2D eigenvalue weighted by atomic mass is 32.1. The van der Waals surface area contributed by atoms with Crippen LogP contribution in [-0.4, -0.2) is 22.1 Å². The van der Waals surface area contributed by atoms with Crippen LogP contribution < -0.4 is 5.32 Å². The second kappa shape index (κ2) is 6.70. The zero-order valence-corrected chi connectivity index (χ0v) is 14.9. The van der Waals surface area contributed by atoms with Crippen molar-refractivity contribution in [1.29, 1.82) is 0 Å². The summed E-state index contributed by atoms with van der Waals surface area (Å²) in [7, 11) is 0. The molecule has 0 saturated carbocycles. The number of nitrogens with one attached hydrogen (secondary N) is 1. The van der Waals surface area contributed by atoms with Gasteiger partial charge in [-0.25, -0.2) is 5.01 Å². The van der Waals surface area contributed by atoms with E-state index in [0.29, 0.717) is 11.3 Å². The summed E-state index contributed by atoms with van der Waals surface area (Å²) in [5.41, 5.74) is 0.724. The molecule has 1 amide bonds. The first-order valence-electron chi connectivity index (χ1n) is 7.63. The fraction of sp³-hybridized carbons (Fsp3) is 0.0588. The minimum atomic E-state index is -0.520. The van der Waals surface area contributed by atoms with Crippen LogP contribution in [0.5, 0.6) is 0 Å². The summed E-state index contributed by atoms with van der Waals surface area (Å²) in [5.74, 6) is -0.306. The molecular formula is C17H12N4O3S2. The van der Waals surface area contributed by atoms with Crippen molar-refractivity contribution in [2.45, 2.75) is 6.17 Å². The van der Waals surface area contributed by atoms with E-state index >= 15 is 0 Å². The van der Waals surface area contributed by atoms with Crippen LogP contribution in [-0.2, 0) is 0 Å². The third-order valence-corrected chi connectivity index (χ3v) is 5.59. The molecule has 0 radical (unpaired) electrons. The van der Waals surface area contributed by atoms with Crippen LogP contribution in [0.2, 0.25) is 0 Å². The third kappa shape index (κ3) is 2.98. The number of nitro benzene ring substituents is 1. The van der Waals surface area contributed by atoms with Crippen LogP contribution in [0.15, 0.2) is 58.3 Å². The molecule has 0 bridgehead atoms. The topological polar surface area (TPSA) is 87.8 Å². The number of nitro groups is 1. The summed E-state index contributed by atoms with van der Waals surface area (Å²) in [6.07, 6.45) is 1.12. The third-order valence-electron chi connectivity index (χ3n) is 3.85. The maximum atomic E-state index is 13.0. The average Bonchev–Trinajstić information content (AvgIpc) is 3.34. The zero-order valence-electron chi connectivity index (χ0n) is 13.2. The molecule has 0 fully saturated rings. The van der Waals surface area contributed by atoms with Gasteiger partial charge in [0.15, 0.2) is 6.17 Å². The summed E-state index contributed by atoms with van der Waals surface area (Å²) < 4.78 is 0. The molecule has 4 rings (SSSR count). The molecule has 9 heteroatoms. The van der Waals surface area contributed by atoms with E-state index in [1.54, 1.807) is 6.21 Å². The minimum Gasteiger partial charge on any atom is -0.358 e. The Hall–Kier alpha value is -3.04. The van der Waals surface area contributed by atoms with E-state index < -0.39 is 11.1 Å². The Morgan fingerprint density at radius 3 is 2.69 bits per heavy atom. The van der Waals surface area contributed by atoms with E-state index in [-0.39, 0.29) is 11.6 Å². The molecule has 3 aromatic rings. The first kappa shape index (κ1) is 16.4. The second-order valence-electron chi connectivity index (χ2n) is 5.46. The van der Waals surface area contributed by atoms with Crippen LogP contribution in [0.4, 0.5) is 11.4 Å². The number of hydrogen-bond acceptors (Lipinski definition) is 7. The maximum absolute atomic E-state index is 13.0. The lowest BCUT2D eigenvalue weighted by Crippen LogP contribution is -2.39. The lowest BCUT2D eigenvalue weighted by Gasteiger charge is -2.33. The Bertz CT molecular complexity index is 984. The number of rotatable bonds is 4. The summed E-state index contributed by atoms with van der Waals surface area (Å²) >= 11 is 3.00. The SMILES string of the molecule is O=C1c2ccc([N+](=O)[O-])cc2N[C@@H](c2cccs2)N1/N=C\c1cccs1. The number of thiophene rings is 2. The number of carbonyl (C=O) groups is 1. The molecule has 2 aromatic heterocycles. The number of benzene rings is 1. The number of anilines is 1. The number of carbonyl (C=O) groups excluding carboxylic acids is 1. The van der Waals surface area contributed by atoms with Gasteiger partial charge in [-0.15, -0.1) is 22.7 Å². The van der Waals surface area contributed by atoms with Crippen molar-refractivity contribution in [3.05, 3.63) is 78.7 Å². The quantitative estimate of drug-likeness (QED) is 0.412. The van der Waals surface area contributed by atoms with Gasteiger partial charge in [0, 0.05) is 21.9 Å². The van der Waals surface area contributed by atoms with Crippen molar-refractivity contribution >= 4 is 46.2 Å². The number of hydrogen-bond donors (Lipinski definition) is 1. The summed E-state index contributed by atoms with van der Waals surface area (Å²) in [6, 6.07) is 11.8. The van der Waals surface area contributed by atoms with Gasteiger partial charge in [0.2, 0.25) is 0 Å². The summed E-state index contributed by atoms with van der Waals surface area (Å²) in [6.45, 7) is 0. The minimum absolute atomic E-state index is 0.0653. The lowest BCUT2D eigenvalue weighted by atomic mass is 10.1. The summed E-state index contributed by atoms with van der Waals surface area (Å²) in [5, 5.41) is 23.8. The highest BCUT2D eigenvalue weighted by molar-refractivity contribution is 7.11. The van der Waals surface area contributed by atoms with Crippen molar-refractivity contribution in [3.63, 3.8) is 0 Å². The van der Waals surface area contributed by atoms with E-state index in [4.69, 9.17) is 0 Å². The molecule has 1 aromatic carbocycles. The Kier molecular flexibility index (Phi) is 4.23. The number of hydrazone groups is 1. The molecule has 7 nitrogen and oxygen atoms in total. The number of non-ortho nitro benzene ring substituents is 1. The number of fused-ring (bicyclic) bond motifs is 1. The van der Waals surface area contributed by atoms with Gasteiger partial charge < -0.3 is 5.32 Å². The van der Waals surface area contributed by atoms with Gasteiger partial charge in [0.25, 0.3) is 11.6 Å². The van der Waals surface area contributed by atoms with Gasteiger partial charge in [-0.3, -0.25) is 14.9 Å². The van der Waals surface area contributed by atoms with Gasteiger partial charge in [0.05, 0.1) is 22.4 Å². The van der Waals surface area contributed by atoms with Crippen LogP contribution in [0, 0.1) is 10.1 Å². The number of nitrogens with zero attached hydrogens (tertiary/aromatic N) is 3. The van der Waals surface area contributed by atoms with E-state index in [1.165, 1.54) is 45.9 Å². The molecule has 3 heterocycles. The molecule has 0 saturated heterocycles. The second-order valence-corrected chi connectivity index (χ2v) is 7.42. The highest BCUT2D eigenvalue weighted by Crippen LogP contribution is 2.36. The standard InChI is InChI=1S/C17H12N4O3S2/c22-17-13-6-5-11(21(23)24)9-14(13)19-16(15-4-2-8-26-15)20(17)18-10-12-3-1-7-25-12/h1-10,16,19H/b18-10-/t16-/m1/s1. The van der Waals surface area contributed by atoms with E-state index in [0.717, 1.165) is 9.75 Å². The van der Waals surface area contributed by atoms with Gasteiger partial charge >= 0.3 is 0 Å². The van der Waals surface area contributed by atoms with E-state index in [2.05, 4.69) is 10.4 Å². The molecular weight excluding hydrogens is 372 g/mol. The lowest BCUT2D eigenvalue weighted by molar-refractivity contribution is -0.384. The Labute approximate surface area is 156 Å². The summed E-state index contributed by atoms with van der Waals surface area (Å²) in [4.78, 5) is 25.3. The monoisotopic (exact) mass is 384 g/mol. The maximum Gasteiger partial charge on any atom is 0.278 e. The van der Waals surface area contributed by atoms with Gasteiger partial charge in [-0.1, -0.05) is 12.1 Å². The molecule has 1 N–H and O–H groups in total. The average molecular weight is 384 g/mol. The molecule has 0 aliphatic carbocycles. The molecule has 0 spiro atoms. The normalized spacial score (nSPS) is 16.5. The van der Waals surface area contributed by atoms with Crippen LogP contribution >= 0.6 is 22.7 Å². The Balaban J connectivity index is 1.76. The Morgan fingerprint density at radius 2 is 2.00 bits per heavy atom. The van der Waals surface area contributed by atoms with Crippen molar-refractivity contribution < 1.29 is 9.72 Å². The predicted octanol–water partition coefficient (Wildman–Crippen LogP) is 4.32. The fourth-order valence-corrected chi connectivity index (χ4v) is 3.98. The molecule has 1 atom stereocenters. The van der Waals surface area contributed by atoms with Crippen LogP contribution in [0.1, 0.15) is 26.3 Å². The first-order chi connectivity index (χ1) is 12.6. The molecule has 130 valence electrons. The van der Waals surface area contributed by atoms with Gasteiger partial charge in [0.1, 0.15) is 0 Å². The fourth-order valence-electron chi connectivity index (χ4n) is 2.64. The smallest absolute Gasteiger partial charge is 0.278 e. The largest absolute Gasteiger partial charge is 0.358 e. The van der Waals surface area contributed by atoms with Crippen molar-refractivity contribution in [2.24, 2.45) is 5.10 Å². The van der Waals surface area contributed by atoms with E-state index in [9.17, 15) is 14.9 Å². The first-order valence-corrected chi connectivity index (χ1v) is 9.39. The molecule has 1 aliphatic rings. The van der Waals surface area contributed by atoms with Crippen molar-refractivity contribution in [3.8, 4) is 0 Å². The van der Waals surface area contributed by atoms with Crippen LogP contribution in [0.25, 0.3) is 0 Å². The predicted molar refractivity (Wildman–Crippen MR) is 102 cm³/mol. The Morgan fingerprint density at radius 1 is 1.19 bits per heavy atom. The zero-order chi connectivity index (χ0) is 18.1. The van der Waals surface area contributed by atoms with Gasteiger partial charge in [-0.05, 0) is 29.0 Å². The number of amides is 1. The van der Waals surface area contributed by atoms with Gasteiger partial charge in [-0.2, -0.15) is 5.10 Å². The molecule has 26 heavy (non-hydrogen) atoms. The highest BCUT2D eigenvalue weighted by Gasteiger charge is 2.34. The molecule has 1 aliphatic heterocycles.